The zero-order valence-electron chi connectivity index (χ0n) is 15.7. The summed E-state index contributed by atoms with van der Waals surface area (Å²) < 4.78 is 11.1. The molecule has 7 heteroatoms. The second-order valence-electron chi connectivity index (χ2n) is 7.15. The predicted molar refractivity (Wildman–Crippen MR) is 103 cm³/mol. The third-order valence-corrected chi connectivity index (χ3v) is 5.08. The maximum Gasteiger partial charge on any atom is 0.259 e. The highest BCUT2D eigenvalue weighted by atomic mass is 16.6. The van der Waals surface area contributed by atoms with Gasteiger partial charge in [-0.05, 0) is 37.8 Å². The van der Waals surface area contributed by atoms with Gasteiger partial charge in [0.2, 0.25) is 5.95 Å². The van der Waals surface area contributed by atoms with E-state index in [0.717, 1.165) is 31.8 Å². The third kappa shape index (κ3) is 3.82. The Morgan fingerprint density at radius 3 is 2.67 bits per heavy atom. The largest absolute Gasteiger partial charge is 0.486 e. The Kier molecular flexibility index (Phi) is 4.83. The molecule has 1 aromatic heterocycles. The molecule has 0 atom stereocenters. The molecule has 1 saturated heterocycles. The highest BCUT2D eigenvalue weighted by Gasteiger charge is 2.20. The minimum Gasteiger partial charge on any atom is -0.486 e. The van der Waals surface area contributed by atoms with Crippen molar-refractivity contribution in [2.24, 2.45) is 5.92 Å². The van der Waals surface area contributed by atoms with Crippen LogP contribution in [0, 0.1) is 12.8 Å². The molecule has 1 aromatic carbocycles. The van der Waals surface area contributed by atoms with Crippen molar-refractivity contribution in [1.82, 2.24) is 9.97 Å². The van der Waals surface area contributed by atoms with Crippen molar-refractivity contribution in [2.45, 2.75) is 26.7 Å². The molecule has 142 valence electrons. The summed E-state index contributed by atoms with van der Waals surface area (Å²) in [6, 6.07) is 5.37. The first-order valence-corrected chi connectivity index (χ1v) is 9.40. The van der Waals surface area contributed by atoms with E-state index in [-0.39, 0.29) is 5.91 Å². The Morgan fingerprint density at radius 1 is 1.19 bits per heavy atom. The number of benzene rings is 1. The minimum absolute atomic E-state index is 0.233. The SMILES string of the molecule is Cc1nc(N2CCC(C)CC2)ncc1C(=O)Nc1ccc2c(c1)OCCO2. The second kappa shape index (κ2) is 7.42. The van der Waals surface area contributed by atoms with Crippen LogP contribution >= 0.6 is 0 Å². The number of hydrogen-bond acceptors (Lipinski definition) is 6. The average Bonchev–Trinajstić information content (AvgIpc) is 2.68. The lowest BCUT2D eigenvalue weighted by Crippen LogP contribution is -2.34. The smallest absolute Gasteiger partial charge is 0.259 e. The molecule has 3 heterocycles. The number of ether oxygens (including phenoxy) is 2. The van der Waals surface area contributed by atoms with Crippen LogP contribution in [0.4, 0.5) is 11.6 Å². The molecule has 2 aliphatic heterocycles. The van der Waals surface area contributed by atoms with Crippen LogP contribution in [0.5, 0.6) is 11.5 Å². The number of fused-ring (bicyclic) bond motifs is 1. The Hall–Kier alpha value is -2.83. The molecule has 7 nitrogen and oxygen atoms in total. The fourth-order valence-electron chi connectivity index (χ4n) is 3.36. The highest BCUT2D eigenvalue weighted by molar-refractivity contribution is 6.05. The minimum atomic E-state index is -0.233. The summed E-state index contributed by atoms with van der Waals surface area (Å²) in [6.45, 7) is 7.09. The van der Waals surface area contributed by atoms with Gasteiger partial charge in [-0.2, -0.15) is 0 Å². The van der Waals surface area contributed by atoms with Crippen LogP contribution < -0.4 is 19.7 Å². The molecule has 0 unspecified atom stereocenters. The van der Waals surface area contributed by atoms with Crippen LogP contribution in [0.3, 0.4) is 0 Å². The van der Waals surface area contributed by atoms with E-state index in [1.54, 1.807) is 24.4 Å². The summed E-state index contributed by atoms with van der Waals surface area (Å²) in [5, 5.41) is 2.89. The van der Waals surface area contributed by atoms with Gasteiger partial charge >= 0.3 is 0 Å². The number of piperidine rings is 1. The monoisotopic (exact) mass is 368 g/mol. The van der Waals surface area contributed by atoms with Crippen molar-refractivity contribution in [3.05, 3.63) is 35.7 Å². The van der Waals surface area contributed by atoms with E-state index in [1.165, 1.54) is 0 Å². The second-order valence-corrected chi connectivity index (χ2v) is 7.15. The lowest BCUT2D eigenvalue weighted by molar-refractivity contribution is 0.102. The molecule has 0 radical (unpaired) electrons. The molecular formula is C20H24N4O3. The molecule has 2 aromatic rings. The normalized spacial score (nSPS) is 16.9. The summed E-state index contributed by atoms with van der Waals surface area (Å²) in [4.78, 5) is 23.8. The fourth-order valence-corrected chi connectivity index (χ4v) is 3.36. The topological polar surface area (TPSA) is 76.6 Å². The average molecular weight is 368 g/mol. The van der Waals surface area contributed by atoms with Crippen LogP contribution in [0.15, 0.2) is 24.4 Å². The number of rotatable bonds is 3. The van der Waals surface area contributed by atoms with E-state index in [0.29, 0.717) is 47.6 Å². The number of aryl methyl sites for hydroxylation is 1. The molecule has 2 aliphatic rings. The molecule has 1 fully saturated rings. The van der Waals surface area contributed by atoms with Crippen LogP contribution in [0.25, 0.3) is 0 Å². The van der Waals surface area contributed by atoms with Crippen molar-refractivity contribution < 1.29 is 14.3 Å². The molecule has 1 amide bonds. The Balaban J connectivity index is 1.47. The number of carbonyl (C=O) groups is 1. The zero-order valence-corrected chi connectivity index (χ0v) is 15.7. The number of anilines is 2. The van der Waals surface area contributed by atoms with Crippen molar-refractivity contribution in [3.63, 3.8) is 0 Å². The van der Waals surface area contributed by atoms with E-state index >= 15 is 0 Å². The number of hydrogen-bond donors (Lipinski definition) is 1. The lowest BCUT2D eigenvalue weighted by atomic mass is 10.00. The summed E-state index contributed by atoms with van der Waals surface area (Å²) in [5.74, 6) is 2.55. The molecular weight excluding hydrogens is 344 g/mol. The molecule has 0 aliphatic carbocycles. The van der Waals surface area contributed by atoms with Crippen molar-refractivity contribution >= 4 is 17.5 Å². The molecule has 0 bridgehead atoms. The van der Waals surface area contributed by atoms with Crippen molar-refractivity contribution in [2.75, 3.05) is 36.5 Å². The van der Waals surface area contributed by atoms with Crippen molar-refractivity contribution in [3.8, 4) is 11.5 Å². The van der Waals surface area contributed by atoms with Gasteiger partial charge in [-0.15, -0.1) is 0 Å². The van der Waals surface area contributed by atoms with Gasteiger partial charge in [-0.1, -0.05) is 6.92 Å². The number of nitrogens with zero attached hydrogens (tertiary/aromatic N) is 3. The quantitative estimate of drug-likeness (QED) is 0.897. The van der Waals surface area contributed by atoms with Crippen LogP contribution in [0.1, 0.15) is 35.8 Å². The first kappa shape index (κ1) is 17.6. The Labute approximate surface area is 158 Å². The predicted octanol–water partition coefficient (Wildman–Crippen LogP) is 3.04. The molecule has 4 rings (SSSR count). The van der Waals surface area contributed by atoms with Crippen molar-refractivity contribution in [1.29, 1.82) is 0 Å². The van der Waals surface area contributed by atoms with Crippen LogP contribution in [-0.2, 0) is 0 Å². The first-order chi connectivity index (χ1) is 13.1. The van der Waals surface area contributed by atoms with E-state index in [1.807, 2.05) is 6.92 Å². The first-order valence-electron chi connectivity index (χ1n) is 9.40. The highest BCUT2D eigenvalue weighted by Crippen LogP contribution is 2.32. The van der Waals surface area contributed by atoms with Gasteiger partial charge in [-0.3, -0.25) is 4.79 Å². The van der Waals surface area contributed by atoms with E-state index in [2.05, 4.69) is 27.1 Å². The summed E-state index contributed by atoms with van der Waals surface area (Å²) in [5.41, 5.74) is 1.80. The van der Waals surface area contributed by atoms with Gasteiger partial charge in [0.15, 0.2) is 11.5 Å². The van der Waals surface area contributed by atoms with Gasteiger partial charge in [-0.25, -0.2) is 9.97 Å². The molecule has 1 N–H and O–H groups in total. The molecule has 0 saturated carbocycles. The van der Waals surface area contributed by atoms with Crippen LogP contribution in [-0.4, -0.2) is 42.2 Å². The van der Waals surface area contributed by atoms with Gasteiger partial charge in [0.05, 0.1) is 11.3 Å². The standard InChI is InChI=1S/C20H24N4O3/c1-13-5-7-24(8-6-13)20-21-12-16(14(2)22-20)19(25)23-15-3-4-17-18(11-15)27-10-9-26-17/h3-4,11-13H,5-10H2,1-2H3,(H,23,25). The van der Waals surface area contributed by atoms with Gasteiger partial charge in [0, 0.05) is 31.0 Å². The summed E-state index contributed by atoms with van der Waals surface area (Å²) in [6.07, 6.45) is 3.91. The van der Waals surface area contributed by atoms with E-state index < -0.39 is 0 Å². The maximum absolute atomic E-state index is 12.7. The fraction of sp³-hybridized carbons (Fsp3) is 0.450. The van der Waals surface area contributed by atoms with E-state index in [9.17, 15) is 4.79 Å². The van der Waals surface area contributed by atoms with Crippen LogP contribution in [0.2, 0.25) is 0 Å². The van der Waals surface area contributed by atoms with Gasteiger partial charge < -0.3 is 19.7 Å². The summed E-state index contributed by atoms with van der Waals surface area (Å²) in [7, 11) is 0. The number of carbonyl (C=O) groups excluding carboxylic acids is 1. The Bertz CT molecular complexity index is 847. The lowest BCUT2D eigenvalue weighted by Gasteiger charge is -2.30. The number of nitrogens with one attached hydrogen (secondary N) is 1. The van der Waals surface area contributed by atoms with Gasteiger partial charge in [0.1, 0.15) is 13.2 Å². The third-order valence-electron chi connectivity index (χ3n) is 5.08. The maximum atomic E-state index is 12.7. The number of amides is 1. The molecule has 0 spiro atoms. The number of aromatic nitrogens is 2. The van der Waals surface area contributed by atoms with E-state index in [4.69, 9.17) is 9.47 Å². The van der Waals surface area contributed by atoms with Gasteiger partial charge in [0.25, 0.3) is 5.91 Å². The zero-order chi connectivity index (χ0) is 18.8. The Morgan fingerprint density at radius 2 is 1.93 bits per heavy atom. The molecule has 27 heavy (non-hydrogen) atoms. The summed E-state index contributed by atoms with van der Waals surface area (Å²) >= 11 is 0.